The van der Waals surface area contributed by atoms with E-state index in [4.69, 9.17) is 0 Å². The highest BCUT2D eigenvalue weighted by atomic mass is 16.1. The van der Waals surface area contributed by atoms with Crippen molar-refractivity contribution in [2.24, 2.45) is 5.92 Å². The van der Waals surface area contributed by atoms with Gasteiger partial charge in [0, 0.05) is 13.0 Å². The number of hydrogen-bond donors (Lipinski definition) is 0. The molecule has 0 aliphatic rings. The van der Waals surface area contributed by atoms with Gasteiger partial charge in [0.15, 0.2) is 0 Å². The summed E-state index contributed by atoms with van der Waals surface area (Å²) in [4.78, 5) is 15.9. The highest BCUT2D eigenvalue weighted by Gasteiger charge is 2.12. The van der Waals surface area contributed by atoms with Gasteiger partial charge in [0.25, 0.3) is 0 Å². The predicted molar refractivity (Wildman–Crippen MR) is 63.1 cm³/mol. The first kappa shape index (κ1) is 12.9. The maximum atomic E-state index is 11.8. The van der Waals surface area contributed by atoms with Crippen LogP contribution in [0.25, 0.3) is 0 Å². The Morgan fingerprint density at radius 3 is 2.88 bits per heavy atom. The summed E-state index contributed by atoms with van der Waals surface area (Å²) in [5, 5.41) is 4.11. The minimum atomic E-state index is 0.264. The molecule has 0 radical (unpaired) electrons. The Labute approximate surface area is 97.1 Å². The molecule has 0 bridgehead atoms. The molecule has 1 rings (SSSR count). The molecular weight excluding hydrogens is 202 g/mol. The van der Waals surface area contributed by atoms with Crippen molar-refractivity contribution >= 4 is 5.78 Å². The normalized spacial score (nSPS) is 12.7. The summed E-state index contributed by atoms with van der Waals surface area (Å²) in [5.74, 6) is 1.53. The zero-order valence-electron chi connectivity index (χ0n) is 10.4. The van der Waals surface area contributed by atoms with Crippen molar-refractivity contribution in [2.45, 2.75) is 53.0 Å². The predicted octanol–water partition coefficient (Wildman–Crippen LogP) is 2.24. The van der Waals surface area contributed by atoms with Gasteiger partial charge >= 0.3 is 0 Å². The molecule has 1 heterocycles. The lowest BCUT2D eigenvalue weighted by Gasteiger charge is -2.07. The zero-order valence-corrected chi connectivity index (χ0v) is 10.4. The Bertz CT molecular complexity index is 333. The van der Waals surface area contributed by atoms with Gasteiger partial charge in [-0.05, 0) is 12.3 Å². The molecule has 16 heavy (non-hydrogen) atoms. The van der Waals surface area contributed by atoms with Crippen molar-refractivity contribution in [1.82, 2.24) is 14.8 Å². The first-order chi connectivity index (χ1) is 7.67. The van der Waals surface area contributed by atoms with Crippen molar-refractivity contribution in [3.05, 3.63) is 12.2 Å². The quantitative estimate of drug-likeness (QED) is 0.712. The number of aromatic nitrogens is 3. The highest BCUT2D eigenvalue weighted by molar-refractivity contribution is 5.80. The van der Waals surface area contributed by atoms with Gasteiger partial charge in [-0.3, -0.25) is 4.79 Å². The molecule has 90 valence electrons. The lowest BCUT2D eigenvalue weighted by Crippen LogP contribution is -2.13. The number of ketones is 1. The molecule has 0 spiro atoms. The van der Waals surface area contributed by atoms with E-state index < -0.39 is 0 Å². The van der Waals surface area contributed by atoms with Gasteiger partial charge in [-0.15, -0.1) is 0 Å². The summed E-state index contributed by atoms with van der Waals surface area (Å²) in [6, 6.07) is 0. The van der Waals surface area contributed by atoms with Crippen LogP contribution < -0.4 is 0 Å². The van der Waals surface area contributed by atoms with Gasteiger partial charge in [0.2, 0.25) is 0 Å². The van der Waals surface area contributed by atoms with E-state index in [1.165, 1.54) is 6.33 Å². The molecule has 0 aliphatic carbocycles. The largest absolute Gasteiger partial charge is 0.299 e. The number of nitrogens with zero attached hydrogens (tertiary/aromatic N) is 3. The monoisotopic (exact) mass is 223 g/mol. The fraction of sp³-hybridized carbons (Fsp3) is 0.750. The molecule has 0 saturated carbocycles. The second-order valence-electron chi connectivity index (χ2n) is 4.33. The highest BCUT2D eigenvalue weighted by Crippen LogP contribution is 2.09. The number of carbonyl (C=O) groups excluding carboxylic acids is 1. The lowest BCUT2D eigenvalue weighted by molar-refractivity contribution is -0.119. The van der Waals surface area contributed by atoms with Crippen LogP contribution in [-0.2, 0) is 17.8 Å². The average molecular weight is 223 g/mol. The smallest absolute Gasteiger partial charge is 0.140 e. The third-order valence-electron chi connectivity index (χ3n) is 2.76. The summed E-state index contributed by atoms with van der Waals surface area (Å²) in [5.41, 5.74) is 0. The molecular formula is C12H21N3O. The van der Waals surface area contributed by atoms with Crippen LogP contribution >= 0.6 is 0 Å². The lowest BCUT2D eigenvalue weighted by atomic mass is 10.0. The Hall–Kier alpha value is -1.19. The van der Waals surface area contributed by atoms with Crippen LogP contribution in [0.2, 0.25) is 0 Å². The molecule has 0 aliphatic heterocycles. The van der Waals surface area contributed by atoms with Crippen molar-refractivity contribution in [3.63, 3.8) is 0 Å². The van der Waals surface area contributed by atoms with E-state index in [0.717, 1.165) is 25.2 Å². The second-order valence-corrected chi connectivity index (χ2v) is 4.33. The second kappa shape index (κ2) is 6.40. The number of Topliss-reactive ketones (excluding diaryl/α,β-unsaturated/α-hetero) is 1. The SMILES string of the molecule is CCCn1ncnc1CC(=O)CC(C)CC. The summed E-state index contributed by atoms with van der Waals surface area (Å²) in [7, 11) is 0. The van der Waals surface area contributed by atoms with E-state index in [1.54, 1.807) is 0 Å². The van der Waals surface area contributed by atoms with Crippen LogP contribution in [0.1, 0.15) is 45.9 Å². The molecule has 1 aromatic heterocycles. The third kappa shape index (κ3) is 3.76. The summed E-state index contributed by atoms with van der Waals surface area (Å²) < 4.78 is 1.83. The Kier molecular flexibility index (Phi) is 5.15. The maximum absolute atomic E-state index is 11.8. The van der Waals surface area contributed by atoms with Gasteiger partial charge in [0.1, 0.15) is 17.9 Å². The molecule has 4 nitrogen and oxygen atoms in total. The van der Waals surface area contributed by atoms with E-state index in [-0.39, 0.29) is 5.78 Å². The van der Waals surface area contributed by atoms with E-state index >= 15 is 0 Å². The third-order valence-corrected chi connectivity index (χ3v) is 2.76. The van der Waals surface area contributed by atoms with E-state index in [2.05, 4.69) is 30.9 Å². The fourth-order valence-electron chi connectivity index (χ4n) is 1.61. The van der Waals surface area contributed by atoms with Crippen LogP contribution in [0.3, 0.4) is 0 Å². The first-order valence-electron chi connectivity index (χ1n) is 6.05. The topological polar surface area (TPSA) is 47.8 Å². The van der Waals surface area contributed by atoms with Crippen LogP contribution in [0.5, 0.6) is 0 Å². The number of carbonyl (C=O) groups is 1. The van der Waals surface area contributed by atoms with Crippen molar-refractivity contribution < 1.29 is 4.79 Å². The Morgan fingerprint density at radius 1 is 1.50 bits per heavy atom. The minimum absolute atomic E-state index is 0.264. The van der Waals surface area contributed by atoms with Gasteiger partial charge < -0.3 is 0 Å². The molecule has 0 saturated heterocycles. The summed E-state index contributed by atoms with van der Waals surface area (Å²) >= 11 is 0. The van der Waals surface area contributed by atoms with Crippen LogP contribution in [-0.4, -0.2) is 20.5 Å². The molecule has 0 N–H and O–H groups in total. The van der Waals surface area contributed by atoms with E-state index in [1.807, 2.05) is 4.68 Å². The standard InChI is InChI=1S/C12H21N3O/c1-4-6-15-12(13-9-14-15)8-11(16)7-10(3)5-2/h9-10H,4-8H2,1-3H3. The Balaban J connectivity index is 2.52. The van der Waals surface area contributed by atoms with E-state index in [0.29, 0.717) is 18.8 Å². The molecule has 1 unspecified atom stereocenters. The van der Waals surface area contributed by atoms with Gasteiger partial charge in [-0.2, -0.15) is 5.10 Å². The fourth-order valence-corrected chi connectivity index (χ4v) is 1.61. The van der Waals surface area contributed by atoms with Crippen molar-refractivity contribution in [3.8, 4) is 0 Å². The zero-order chi connectivity index (χ0) is 12.0. The van der Waals surface area contributed by atoms with Crippen LogP contribution in [0.4, 0.5) is 0 Å². The van der Waals surface area contributed by atoms with Crippen LogP contribution in [0, 0.1) is 5.92 Å². The van der Waals surface area contributed by atoms with Gasteiger partial charge in [-0.25, -0.2) is 9.67 Å². The molecule has 0 aromatic carbocycles. The number of aryl methyl sites for hydroxylation is 1. The molecule has 1 atom stereocenters. The number of rotatable bonds is 7. The number of hydrogen-bond acceptors (Lipinski definition) is 3. The summed E-state index contributed by atoms with van der Waals surface area (Å²) in [6.45, 7) is 7.14. The molecule has 0 fully saturated rings. The molecule has 1 aromatic rings. The molecule has 0 amide bonds. The minimum Gasteiger partial charge on any atom is -0.299 e. The summed E-state index contributed by atoms with van der Waals surface area (Å²) in [6.07, 6.45) is 4.66. The van der Waals surface area contributed by atoms with Crippen molar-refractivity contribution in [1.29, 1.82) is 0 Å². The average Bonchev–Trinajstić information content (AvgIpc) is 2.66. The first-order valence-corrected chi connectivity index (χ1v) is 6.05. The maximum Gasteiger partial charge on any atom is 0.140 e. The van der Waals surface area contributed by atoms with Crippen LogP contribution in [0.15, 0.2) is 6.33 Å². The van der Waals surface area contributed by atoms with Gasteiger partial charge in [-0.1, -0.05) is 27.2 Å². The van der Waals surface area contributed by atoms with Crippen molar-refractivity contribution in [2.75, 3.05) is 0 Å². The Morgan fingerprint density at radius 2 is 2.25 bits per heavy atom. The van der Waals surface area contributed by atoms with Gasteiger partial charge in [0.05, 0.1) is 6.42 Å². The van der Waals surface area contributed by atoms with E-state index in [9.17, 15) is 4.79 Å². The molecule has 4 heteroatoms.